The number of carbonyl (C=O) groups excluding carboxylic acids is 1. The normalized spacial score (nSPS) is 21.2. The molecule has 1 N–H and O–H groups in total. The fourth-order valence-corrected chi connectivity index (χ4v) is 1.80. The average molecular weight is 206 g/mol. The Hall–Kier alpha value is -1.71. The summed E-state index contributed by atoms with van der Waals surface area (Å²) in [7, 11) is 1.76. The average Bonchev–Trinajstić information content (AvgIpc) is 2.47. The number of aromatic hydroxyl groups is 1. The maximum Gasteiger partial charge on any atom is 0.245 e. The van der Waals surface area contributed by atoms with E-state index in [2.05, 4.69) is 0 Å². The van der Waals surface area contributed by atoms with Gasteiger partial charge in [-0.2, -0.15) is 0 Å². The molecule has 0 spiro atoms. The highest BCUT2D eigenvalue weighted by Gasteiger charge is 2.32. The Kier molecular flexibility index (Phi) is 2.26. The third kappa shape index (κ3) is 1.63. The van der Waals surface area contributed by atoms with E-state index >= 15 is 0 Å². The summed E-state index contributed by atoms with van der Waals surface area (Å²) in [6.45, 7) is 2.61. The van der Waals surface area contributed by atoms with E-state index in [1.807, 2.05) is 11.9 Å². The predicted octanol–water partition coefficient (Wildman–Crippen LogP) is 1.22. The molecule has 4 heteroatoms. The minimum absolute atomic E-state index is 0.0313. The number of phenols is 1. The summed E-state index contributed by atoms with van der Waals surface area (Å²) in [6, 6.07) is 6.85. The fourth-order valence-electron chi connectivity index (χ4n) is 1.80. The summed E-state index contributed by atoms with van der Waals surface area (Å²) >= 11 is 0. The van der Waals surface area contributed by atoms with Gasteiger partial charge in [-0.1, -0.05) is 6.92 Å². The minimum atomic E-state index is 0.0313. The van der Waals surface area contributed by atoms with E-state index in [0.717, 1.165) is 5.69 Å². The zero-order valence-electron chi connectivity index (χ0n) is 8.84. The van der Waals surface area contributed by atoms with E-state index in [9.17, 15) is 9.90 Å². The second-order valence-corrected chi connectivity index (χ2v) is 3.86. The van der Waals surface area contributed by atoms with E-state index in [-0.39, 0.29) is 17.6 Å². The smallest absolute Gasteiger partial charge is 0.245 e. The maximum atomic E-state index is 11.6. The topological polar surface area (TPSA) is 43.8 Å². The summed E-state index contributed by atoms with van der Waals surface area (Å²) in [5, 5.41) is 12.7. The summed E-state index contributed by atoms with van der Waals surface area (Å²) in [5.41, 5.74) is 0.924. The van der Waals surface area contributed by atoms with Crippen molar-refractivity contribution < 1.29 is 9.90 Å². The number of hydrogen-bond donors (Lipinski definition) is 1. The predicted molar refractivity (Wildman–Crippen MR) is 57.4 cm³/mol. The lowest BCUT2D eigenvalue weighted by Gasteiger charge is -2.25. The summed E-state index contributed by atoms with van der Waals surface area (Å²) in [5.74, 6) is 0.395. The number of hydrazine groups is 1. The van der Waals surface area contributed by atoms with Gasteiger partial charge in [-0.25, -0.2) is 0 Å². The first-order valence-corrected chi connectivity index (χ1v) is 4.93. The number of amides is 1. The Morgan fingerprint density at radius 1 is 1.33 bits per heavy atom. The van der Waals surface area contributed by atoms with Crippen LogP contribution in [0.5, 0.6) is 5.75 Å². The van der Waals surface area contributed by atoms with Crippen LogP contribution >= 0.6 is 0 Å². The van der Waals surface area contributed by atoms with E-state index in [4.69, 9.17) is 0 Å². The molecule has 4 nitrogen and oxygen atoms in total. The van der Waals surface area contributed by atoms with Gasteiger partial charge in [-0.15, -0.1) is 0 Å². The van der Waals surface area contributed by atoms with Crippen molar-refractivity contribution in [1.82, 2.24) is 5.01 Å². The summed E-state index contributed by atoms with van der Waals surface area (Å²) < 4.78 is 0. The van der Waals surface area contributed by atoms with Crippen molar-refractivity contribution in [2.24, 2.45) is 5.92 Å². The second kappa shape index (κ2) is 3.46. The van der Waals surface area contributed by atoms with Crippen LogP contribution in [0, 0.1) is 5.92 Å². The van der Waals surface area contributed by atoms with Gasteiger partial charge in [-0.3, -0.25) is 14.8 Å². The molecular weight excluding hydrogens is 192 g/mol. The van der Waals surface area contributed by atoms with Gasteiger partial charge < -0.3 is 5.11 Å². The van der Waals surface area contributed by atoms with Gasteiger partial charge >= 0.3 is 0 Å². The Labute approximate surface area is 88.7 Å². The minimum Gasteiger partial charge on any atom is -0.508 e. The molecule has 80 valence electrons. The van der Waals surface area contributed by atoms with Gasteiger partial charge in [0.1, 0.15) is 5.75 Å². The molecule has 0 aromatic heterocycles. The Bertz CT molecular complexity index is 375. The van der Waals surface area contributed by atoms with Crippen molar-refractivity contribution in [1.29, 1.82) is 0 Å². The molecule has 0 bridgehead atoms. The maximum absolute atomic E-state index is 11.6. The van der Waals surface area contributed by atoms with Gasteiger partial charge in [0.25, 0.3) is 0 Å². The van der Waals surface area contributed by atoms with Crippen LogP contribution in [0.4, 0.5) is 5.69 Å². The molecule has 1 fully saturated rings. The lowest BCUT2D eigenvalue weighted by molar-refractivity contribution is -0.129. The zero-order valence-corrected chi connectivity index (χ0v) is 8.84. The molecule has 0 saturated carbocycles. The Balaban J connectivity index is 2.25. The van der Waals surface area contributed by atoms with E-state index in [1.165, 1.54) is 0 Å². The lowest BCUT2D eigenvalue weighted by atomic mass is 10.2. The summed E-state index contributed by atoms with van der Waals surface area (Å²) in [6.07, 6.45) is 0. The first kappa shape index (κ1) is 9.83. The lowest BCUT2D eigenvalue weighted by Crippen LogP contribution is -2.35. The monoisotopic (exact) mass is 206 g/mol. The molecule has 1 aromatic carbocycles. The molecule has 0 radical (unpaired) electrons. The fraction of sp³-hybridized carbons (Fsp3) is 0.364. The molecule has 1 amide bonds. The standard InChI is InChI=1S/C11H14N2O2/c1-8-7-13(12(2)11(8)15)9-3-5-10(14)6-4-9/h3-6,8,14H,7H2,1-2H3. The van der Waals surface area contributed by atoms with Gasteiger partial charge in [-0.05, 0) is 24.3 Å². The number of rotatable bonds is 1. The first-order chi connectivity index (χ1) is 7.09. The van der Waals surface area contributed by atoms with E-state index in [1.54, 1.807) is 36.3 Å². The highest BCUT2D eigenvalue weighted by molar-refractivity contribution is 5.83. The third-order valence-corrected chi connectivity index (χ3v) is 2.70. The number of benzene rings is 1. The number of nitrogens with zero attached hydrogens (tertiary/aromatic N) is 2. The highest BCUT2D eigenvalue weighted by Crippen LogP contribution is 2.25. The van der Waals surface area contributed by atoms with Crippen LogP contribution in [-0.4, -0.2) is 29.6 Å². The van der Waals surface area contributed by atoms with Gasteiger partial charge in [0, 0.05) is 7.05 Å². The van der Waals surface area contributed by atoms with Crippen LogP contribution in [0.15, 0.2) is 24.3 Å². The first-order valence-electron chi connectivity index (χ1n) is 4.93. The SMILES string of the molecule is CC1CN(c2ccc(O)cc2)N(C)C1=O. The molecule has 1 unspecified atom stereocenters. The quantitative estimate of drug-likeness (QED) is 0.751. The molecule has 1 saturated heterocycles. The third-order valence-electron chi connectivity index (χ3n) is 2.70. The highest BCUT2D eigenvalue weighted by atomic mass is 16.3. The van der Waals surface area contributed by atoms with Crippen LogP contribution < -0.4 is 5.01 Å². The number of phenolic OH excluding ortho intramolecular Hbond substituents is 1. The molecule has 1 aliphatic rings. The Morgan fingerprint density at radius 2 is 1.93 bits per heavy atom. The molecule has 1 heterocycles. The van der Waals surface area contributed by atoms with Crippen molar-refractivity contribution >= 4 is 11.6 Å². The van der Waals surface area contributed by atoms with Crippen molar-refractivity contribution in [3.05, 3.63) is 24.3 Å². The summed E-state index contributed by atoms with van der Waals surface area (Å²) in [4.78, 5) is 11.6. The van der Waals surface area contributed by atoms with Crippen molar-refractivity contribution in [3.63, 3.8) is 0 Å². The van der Waals surface area contributed by atoms with E-state index in [0.29, 0.717) is 6.54 Å². The van der Waals surface area contributed by atoms with Crippen molar-refractivity contribution in [2.45, 2.75) is 6.92 Å². The van der Waals surface area contributed by atoms with Crippen LogP contribution in [0.3, 0.4) is 0 Å². The van der Waals surface area contributed by atoms with Crippen LogP contribution in [0.2, 0.25) is 0 Å². The van der Waals surface area contributed by atoms with E-state index < -0.39 is 0 Å². The van der Waals surface area contributed by atoms with Gasteiger partial charge in [0.05, 0.1) is 18.2 Å². The molecule has 2 rings (SSSR count). The zero-order chi connectivity index (χ0) is 11.0. The van der Waals surface area contributed by atoms with Crippen LogP contribution in [0.25, 0.3) is 0 Å². The molecule has 1 aromatic rings. The van der Waals surface area contributed by atoms with Crippen molar-refractivity contribution in [3.8, 4) is 5.75 Å². The van der Waals surface area contributed by atoms with Gasteiger partial charge in [0.2, 0.25) is 5.91 Å². The number of anilines is 1. The van der Waals surface area contributed by atoms with Gasteiger partial charge in [0.15, 0.2) is 0 Å². The number of hydrogen-bond acceptors (Lipinski definition) is 3. The number of carbonyl (C=O) groups is 1. The largest absolute Gasteiger partial charge is 0.508 e. The second-order valence-electron chi connectivity index (χ2n) is 3.86. The molecule has 1 aliphatic heterocycles. The molecular formula is C11H14N2O2. The molecule has 1 atom stereocenters. The molecule has 15 heavy (non-hydrogen) atoms. The van der Waals surface area contributed by atoms with Crippen LogP contribution in [-0.2, 0) is 4.79 Å². The molecule has 0 aliphatic carbocycles. The van der Waals surface area contributed by atoms with Crippen LogP contribution in [0.1, 0.15) is 6.92 Å². The Morgan fingerprint density at radius 3 is 2.40 bits per heavy atom. The van der Waals surface area contributed by atoms with Crippen molar-refractivity contribution in [2.75, 3.05) is 18.6 Å².